The monoisotopic (exact) mass is 356 g/mol. The number of rotatable bonds is 7. The van der Waals surface area contributed by atoms with E-state index in [2.05, 4.69) is 54.7 Å². The Labute approximate surface area is 155 Å². The van der Waals surface area contributed by atoms with Crippen molar-refractivity contribution in [1.82, 2.24) is 14.9 Å². The van der Waals surface area contributed by atoms with Crippen LogP contribution in [0, 0.1) is 6.92 Å². The standard InChI is InChI=1S/C19H28N6O/c1-15-21-18(20-8-9-25-10-12-26-13-11-25)14-19(22-15)23-16-4-6-17(7-5-16)24(2)3/h4-7,14H,8-13H2,1-3H3,(H2,20,21,22,23). The number of hydrogen-bond acceptors (Lipinski definition) is 7. The lowest BCUT2D eigenvalue weighted by atomic mass is 10.2. The van der Waals surface area contributed by atoms with Crippen LogP contribution in [0.3, 0.4) is 0 Å². The number of hydrogen-bond donors (Lipinski definition) is 2. The van der Waals surface area contributed by atoms with E-state index in [4.69, 9.17) is 4.74 Å². The molecule has 0 unspecified atom stereocenters. The molecule has 3 rings (SSSR count). The van der Waals surface area contributed by atoms with Gasteiger partial charge in [0.15, 0.2) is 0 Å². The molecule has 1 fully saturated rings. The van der Waals surface area contributed by atoms with Gasteiger partial charge in [-0.25, -0.2) is 9.97 Å². The first-order valence-electron chi connectivity index (χ1n) is 9.04. The molecule has 0 amide bonds. The van der Waals surface area contributed by atoms with Crippen molar-refractivity contribution in [3.8, 4) is 0 Å². The molecule has 0 spiro atoms. The van der Waals surface area contributed by atoms with Crippen molar-refractivity contribution in [2.24, 2.45) is 0 Å². The van der Waals surface area contributed by atoms with Crippen LogP contribution in [0.5, 0.6) is 0 Å². The van der Waals surface area contributed by atoms with Crippen LogP contribution in [0.4, 0.5) is 23.0 Å². The summed E-state index contributed by atoms with van der Waals surface area (Å²) >= 11 is 0. The van der Waals surface area contributed by atoms with Crippen molar-refractivity contribution < 1.29 is 4.74 Å². The maximum atomic E-state index is 5.38. The van der Waals surface area contributed by atoms with Crippen LogP contribution in [0.1, 0.15) is 5.82 Å². The number of aryl methyl sites for hydroxylation is 1. The maximum absolute atomic E-state index is 5.38. The quantitative estimate of drug-likeness (QED) is 0.789. The van der Waals surface area contributed by atoms with Crippen molar-refractivity contribution >= 4 is 23.0 Å². The first-order valence-corrected chi connectivity index (χ1v) is 9.04. The summed E-state index contributed by atoms with van der Waals surface area (Å²) in [6, 6.07) is 10.2. The van der Waals surface area contributed by atoms with Crippen LogP contribution in [-0.4, -0.2) is 68.4 Å². The minimum atomic E-state index is 0.744. The summed E-state index contributed by atoms with van der Waals surface area (Å²) in [6.45, 7) is 7.41. The lowest BCUT2D eigenvalue weighted by Crippen LogP contribution is -2.39. The van der Waals surface area contributed by atoms with E-state index in [1.54, 1.807) is 0 Å². The molecule has 0 saturated carbocycles. The highest BCUT2D eigenvalue weighted by Crippen LogP contribution is 2.20. The fourth-order valence-corrected chi connectivity index (χ4v) is 2.88. The van der Waals surface area contributed by atoms with Gasteiger partial charge in [0.05, 0.1) is 13.2 Å². The Morgan fingerprint density at radius 3 is 2.46 bits per heavy atom. The van der Waals surface area contributed by atoms with Gasteiger partial charge in [0.1, 0.15) is 17.5 Å². The summed E-state index contributed by atoms with van der Waals surface area (Å²) in [5.41, 5.74) is 2.17. The zero-order valence-electron chi connectivity index (χ0n) is 15.8. The largest absolute Gasteiger partial charge is 0.379 e. The number of nitrogens with zero attached hydrogens (tertiary/aromatic N) is 4. The van der Waals surface area contributed by atoms with Gasteiger partial charge in [-0.05, 0) is 31.2 Å². The zero-order chi connectivity index (χ0) is 18.4. The van der Waals surface area contributed by atoms with E-state index in [1.807, 2.05) is 27.1 Å². The molecule has 140 valence electrons. The molecular formula is C19H28N6O. The van der Waals surface area contributed by atoms with Gasteiger partial charge >= 0.3 is 0 Å². The number of ether oxygens (including phenoxy) is 1. The maximum Gasteiger partial charge on any atom is 0.136 e. The highest BCUT2D eigenvalue weighted by molar-refractivity contribution is 5.62. The van der Waals surface area contributed by atoms with Crippen molar-refractivity contribution in [2.45, 2.75) is 6.92 Å². The molecule has 0 aliphatic carbocycles. The predicted octanol–water partition coefficient (Wildman–Crippen LogP) is 2.34. The third kappa shape index (κ3) is 5.31. The molecule has 1 aromatic heterocycles. The first kappa shape index (κ1) is 18.4. The Morgan fingerprint density at radius 1 is 1.08 bits per heavy atom. The summed E-state index contributed by atoms with van der Waals surface area (Å²) in [5.74, 6) is 2.39. The summed E-state index contributed by atoms with van der Waals surface area (Å²) in [6.07, 6.45) is 0. The molecule has 1 aliphatic rings. The van der Waals surface area contributed by atoms with E-state index >= 15 is 0 Å². The van der Waals surface area contributed by atoms with Crippen molar-refractivity contribution in [1.29, 1.82) is 0 Å². The van der Waals surface area contributed by atoms with E-state index < -0.39 is 0 Å². The Kier molecular flexibility index (Phi) is 6.25. The van der Waals surface area contributed by atoms with Gasteiger partial charge in [-0.2, -0.15) is 0 Å². The third-order valence-electron chi connectivity index (χ3n) is 4.33. The van der Waals surface area contributed by atoms with Crippen LogP contribution < -0.4 is 15.5 Å². The lowest BCUT2D eigenvalue weighted by molar-refractivity contribution is 0.0398. The molecule has 2 aromatic rings. The summed E-state index contributed by atoms with van der Waals surface area (Å²) in [4.78, 5) is 13.4. The molecule has 0 bridgehead atoms. The topological polar surface area (TPSA) is 65.6 Å². The van der Waals surface area contributed by atoms with Gasteiger partial charge < -0.3 is 20.3 Å². The van der Waals surface area contributed by atoms with Gasteiger partial charge in [-0.3, -0.25) is 4.90 Å². The third-order valence-corrected chi connectivity index (χ3v) is 4.33. The zero-order valence-corrected chi connectivity index (χ0v) is 15.8. The van der Waals surface area contributed by atoms with Crippen LogP contribution in [0.2, 0.25) is 0 Å². The minimum Gasteiger partial charge on any atom is -0.379 e. The fourth-order valence-electron chi connectivity index (χ4n) is 2.88. The molecule has 1 aromatic carbocycles. The second-order valence-electron chi connectivity index (χ2n) is 6.63. The van der Waals surface area contributed by atoms with Crippen LogP contribution >= 0.6 is 0 Å². The van der Waals surface area contributed by atoms with Crippen molar-refractivity contribution in [3.63, 3.8) is 0 Å². The second-order valence-corrected chi connectivity index (χ2v) is 6.63. The first-order chi connectivity index (χ1) is 12.6. The molecule has 7 nitrogen and oxygen atoms in total. The van der Waals surface area contributed by atoms with E-state index in [9.17, 15) is 0 Å². The second kappa shape index (κ2) is 8.82. The normalized spacial score (nSPS) is 14.9. The van der Waals surface area contributed by atoms with Crippen LogP contribution in [-0.2, 0) is 4.74 Å². The summed E-state index contributed by atoms with van der Waals surface area (Å²) in [7, 11) is 4.07. The van der Waals surface area contributed by atoms with Gasteiger partial charge in [-0.15, -0.1) is 0 Å². The molecule has 2 N–H and O–H groups in total. The summed E-state index contributed by atoms with van der Waals surface area (Å²) < 4.78 is 5.38. The van der Waals surface area contributed by atoms with Crippen molar-refractivity contribution in [2.75, 3.05) is 69.0 Å². The average Bonchev–Trinajstić information content (AvgIpc) is 2.62. The molecule has 0 atom stereocenters. The Morgan fingerprint density at radius 2 is 1.77 bits per heavy atom. The fraction of sp³-hybridized carbons (Fsp3) is 0.474. The number of benzene rings is 1. The number of anilines is 4. The number of nitrogens with one attached hydrogen (secondary N) is 2. The number of morpholine rings is 1. The molecular weight excluding hydrogens is 328 g/mol. The molecule has 0 radical (unpaired) electrons. The smallest absolute Gasteiger partial charge is 0.136 e. The molecule has 2 heterocycles. The van der Waals surface area contributed by atoms with Crippen molar-refractivity contribution in [3.05, 3.63) is 36.2 Å². The van der Waals surface area contributed by atoms with Crippen LogP contribution in [0.15, 0.2) is 30.3 Å². The van der Waals surface area contributed by atoms with E-state index in [0.29, 0.717) is 0 Å². The summed E-state index contributed by atoms with van der Waals surface area (Å²) in [5, 5.41) is 6.76. The predicted molar refractivity (Wildman–Crippen MR) is 107 cm³/mol. The average molecular weight is 356 g/mol. The Bertz CT molecular complexity index is 698. The highest BCUT2D eigenvalue weighted by atomic mass is 16.5. The Balaban J connectivity index is 1.57. The Hall–Kier alpha value is -2.38. The van der Waals surface area contributed by atoms with Crippen LogP contribution in [0.25, 0.3) is 0 Å². The van der Waals surface area contributed by atoms with E-state index in [1.165, 1.54) is 5.69 Å². The molecule has 1 saturated heterocycles. The minimum absolute atomic E-state index is 0.744. The van der Waals surface area contributed by atoms with E-state index in [-0.39, 0.29) is 0 Å². The van der Waals surface area contributed by atoms with Gasteiger partial charge in [-0.1, -0.05) is 0 Å². The lowest BCUT2D eigenvalue weighted by Gasteiger charge is -2.26. The molecule has 1 aliphatic heterocycles. The van der Waals surface area contributed by atoms with E-state index in [0.717, 1.165) is 62.5 Å². The van der Waals surface area contributed by atoms with Gasteiger partial charge in [0, 0.05) is 57.7 Å². The highest BCUT2D eigenvalue weighted by Gasteiger charge is 2.10. The number of aromatic nitrogens is 2. The SMILES string of the molecule is Cc1nc(NCCN2CCOCC2)cc(Nc2ccc(N(C)C)cc2)n1. The molecule has 26 heavy (non-hydrogen) atoms. The van der Waals surface area contributed by atoms with Gasteiger partial charge in [0.25, 0.3) is 0 Å². The molecule has 7 heteroatoms. The van der Waals surface area contributed by atoms with Gasteiger partial charge in [0.2, 0.25) is 0 Å².